The second kappa shape index (κ2) is 11.6. The van der Waals surface area contributed by atoms with Gasteiger partial charge < -0.3 is 4.98 Å². The van der Waals surface area contributed by atoms with Gasteiger partial charge in [-0.3, -0.25) is 24.7 Å². The van der Waals surface area contributed by atoms with E-state index < -0.39 is 9.39 Å². The quantitative estimate of drug-likeness (QED) is 0.168. The summed E-state index contributed by atoms with van der Waals surface area (Å²) in [6.45, 7) is 3.67. The van der Waals surface area contributed by atoms with E-state index in [2.05, 4.69) is 63.6 Å². The van der Waals surface area contributed by atoms with Crippen molar-refractivity contribution in [3.8, 4) is 33.8 Å². The molecular formula is C34H35FN8S. The van der Waals surface area contributed by atoms with Crippen molar-refractivity contribution >= 4 is 43.1 Å². The molecule has 0 spiro atoms. The maximum Gasteiger partial charge on any atom is 0.181 e. The third kappa shape index (κ3) is 6.01. The number of likely N-dealkylation sites (tertiary alicyclic amines) is 1. The summed E-state index contributed by atoms with van der Waals surface area (Å²) in [4.78, 5) is 19.9. The van der Waals surface area contributed by atoms with Crippen molar-refractivity contribution in [2.24, 2.45) is 0 Å². The highest BCUT2D eigenvalue weighted by atomic mass is 32.2. The molecule has 8 nitrogen and oxygen atoms in total. The van der Waals surface area contributed by atoms with Crippen LogP contribution in [-0.4, -0.2) is 66.1 Å². The summed E-state index contributed by atoms with van der Waals surface area (Å²) in [6.07, 6.45) is 13.2. The van der Waals surface area contributed by atoms with Crippen LogP contribution in [0.1, 0.15) is 30.4 Å². The fourth-order valence-corrected chi connectivity index (χ4v) is 6.45. The molecule has 0 unspecified atom stereocenters. The summed E-state index contributed by atoms with van der Waals surface area (Å²) in [5, 5.41) is 9.45. The van der Waals surface area contributed by atoms with Gasteiger partial charge in [0.2, 0.25) is 0 Å². The number of hydrogen-bond donors (Lipinski definition) is 3. The Kier molecular flexibility index (Phi) is 7.49. The molecule has 10 heteroatoms. The molecule has 0 radical (unpaired) electrons. The van der Waals surface area contributed by atoms with Crippen LogP contribution in [0.2, 0.25) is 0 Å². The molecule has 5 aromatic heterocycles. The minimum Gasteiger partial charge on any atom is -0.353 e. The molecule has 6 aromatic rings. The number of piperidine rings is 1. The Labute approximate surface area is 256 Å². The van der Waals surface area contributed by atoms with Crippen molar-refractivity contribution in [3.63, 3.8) is 0 Å². The lowest BCUT2D eigenvalue weighted by Crippen LogP contribution is -2.29. The fraction of sp³-hybridized carbons (Fsp3) is 0.235. The van der Waals surface area contributed by atoms with Gasteiger partial charge in [-0.2, -0.15) is 14.5 Å². The first kappa shape index (κ1) is 28.4. The number of nitrogens with one attached hydrogen (secondary N) is 3. The van der Waals surface area contributed by atoms with Crippen molar-refractivity contribution in [1.29, 1.82) is 0 Å². The highest BCUT2D eigenvalue weighted by Crippen LogP contribution is 2.34. The third-order valence-corrected chi connectivity index (χ3v) is 8.91. The molecule has 0 aliphatic carbocycles. The van der Waals surface area contributed by atoms with Crippen LogP contribution in [0.5, 0.6) is 0 Å². The zero-order valence-electron chi connectivity index (χ0n) is 24.7. The zero-order chi connectivity index (χ0) is 30.3. The number of H-pyrrole nitrogens is 2. The first-order valence-corrected chi connectivity index (χ1v) is 17.1. The number of pyridine rings is 3. The molecule has 0 bridgehead atoms. The number of aromatic amines is 2. The Balaban J connectivity index is 1.23. The van der Waals surface area contributed by atoms with Gasteiger partial charge in [0.25, 0.3) is 0 Å². The van der Waals surface area contributed by atoms with Gasteiger partial charge in [0.1, 0.15) is 5.82 Å². The van der Waals surface area contributed by atoms with E-state index in [0.29, 0.717) is 23.4 Å². The van der Waals surface area contributed by atoms with Gasteiger partial charge in [-0.25, -0.2) is 9.37 Å². The average Bonchev–Trinajstić information content (AvgIpc) is 3.64. The second-order valence-corrected chi connectivity index (χ2v) is 14.7. The van der Waals surface area contributed by atoms with Crippen LogP contribution >= 0.6 is 9.39 Å². The summed E-state index contributed by atoms with van der Waals surface area (Å²) in [5.41, 5.74) is 8.63. The van der Waals surface area contributed by atoms with Crippen LogP contribution in [0, 0.1) is 5.82 Å². The van der Waals surface area contributed by atoms with E-state index >= 15 is 0 Å². The predicted molar refractivity (Wildman–Crippen MR) is 181 cm³/mol. The Bertz CT molecular complexity index is 2090. The van der Waals surface area contributed by atoms with E-state index in [4.69, 9.17) is 0 Å². The highest BCUT2D eigenvalue weighted by Gasteiger charge is 2.17. The summed E-state index contributed by atoms with van der Waals surface area (Å²) >= 11 is 0. The SMILES string of the molecule is C=S(=C)(C)NCc1cc(F)cc(-c2nccc3[nH]c(-c4[nH]nc5ncc(-c6cncc(CN7CCCCC7)c6)cc45)cc23)c1. The van der Waals surface area contributed by atoms with Crippen LogP contribution in [0.4, 0.5) is 4.39 Å². The van der Waals surface area contributed by atoms with Crippen molar-refractivity contribution < 1.29 is 4.39 Å². The Morgan fingerprint density at radius 1 is 0.909 bits per heavy atom. The first-order chi connectivity index (χ1) is 21.3. The fourth-order valence-electron chi connectivity index (χ4n) is 5.94. The third-order valence-electron chi connectivity index (χ3n) is 8.07. The lowest BCUT2D eigenvalue weighted by Gasteiger charge is -2.26. The second-order valence-electron chi connectivity index (χ2n) is 11.9. The standard InChI is InChI=1S/C34H35FN8S/c1-44(2,3)39-18-22-11-24(14-27(35)13-22)32-28-16-31(40-30(28)7-8-37-32)33-29-15-26(20-38-34(29)42-41-33)25-12-23(17-36-19-25)21-43-9-5-4-6-10-43/h7-8,11-17,19-20,39-40H,1-2,4-6,9-10,18,21H2,3H3,(H,38,41,42). The zero-order valence-corrected chi connectivity index (χ0v) is 25.6. The van der Waals surface area contributed by atoms with Gasteiger partial charge in [-0.1, -0.05) is 18.2 Å². The maximum atomic E-state index is 14.7. The predicted octanol–water partition coefficient (Wildman–Crippen LogP) is 6.66. The Hall–Kier alpha value is -4.38. The minimum absolute atomic E-state index is 0.314. The van der Waals surface area contributed by atoms with Crippen LogP contribution in [0.3, 0.4) is 0 Å². The number of fused-ring (bicyclic) bond motifs is 2. The number of hydrogen-bond acceptors (Lipinski definition) is 6. The van der Waals surface area contributed by atoms with Gasteiger partial charge >= 0.3 is 0 Å². The molecule has 1 aromatic carbocycles. The normalized spacial score (nSPS) is 14.5. The van der Waals surface area contributed by atoms with Gasteiger partial charge in [-0.15, -0.1) is 0 Å². The molecule has 7 rings (SSSR count). The molecule has 1 saturated heterocycles. The van der Waals surface area contributed by atoms with Crippen molar-refractivity contribution in [2.75, 3.05) is 19.3 Å². The van der Waals surface area contributed by atoms with E-state index in [9.17, 15) is 4.39 Å². The molecule has 44 heavy (non-hydrogen) atoms. The summed E-state index contributed by atoms with van der Waals surface area (Å²) < 4.78 is 18.0. The molecule has 224 valence electrons. The monoisotopic (exact) mass is 606 g/mol. The van der Waals surface area contributed by atoms with Crippen molar-refractivity contribution in [1.82, 2.24) is 39.8 Å². The van der Waals surface area contributed by atoms with Gasteiger partial charge in [0.05, 0.1) is 17.1 Å². The molecule has 1 fully saturated rings. The van der Waals surface area contributed by atoms with Crippen LogP contribution in [0.25, 0.3) is 55.7 Å². The van der Waals surface area contributed by atoms with Crippen LogP contribution in [-0.2, 0) is 13.1 Å². The van der Waals surface area contributed by atoms with E-state index in [1.54, 1.807) is 6.20 Å². The first-order valence-electron chi connectivity index (χ1n) is 14.8. The average molecular weight is 607 g/mol. The number of halogens is 1. The topological polar surface area (TPSA) is 98.4 Å². The molecule has 0 atom stereocenters. The molecular weight excluding hydrogens is 571 g/mol. The number of rotatable bonds is 8. The largest absolute Gasteiger partial charge is 0.353 e. The number of nitrogens with zero attached hydrogens (tertiary/aromatic N) is 5. The maximum absolute atomic E-state index is 14.7. The Morgan fingerprint density at radius 2 is 1.73 bits per heavy atom. The lowest BCUT2D eigenvalue weighted by atomic mass is 10.0. The number of aromatic nitrogens is 6. The molecule has 6 heterocycles. The summed E-state index contributed by atoms with van der Waals surface area (Å²) in [6, 6.07) is 13.3. The molecule has 0 saturated carbocycles. The Morgan fingerprint density at radius 3 is 2.57 bits per heavy atom. The van der Waals surface area contributed by atoms with Crippen molar-refractivity contribution in [2.45, 2.75) is 32.4 Å². The van der Waals surface area contributed by atoms with E-state index in [-0.39, 0.29) is 5.82 Å². The molecule has 0 amide bonds. The summed E-state index contributed by atoms with van der Waals surface area (Å²) in [5.74, 6) is 7.81. The van der Waals surface area contributed by atoms with E-state index in [1.165, 1.54) is 37.0 Å². The van der Waals surface area contributed by atoms with Crippen LogP contribution < -0.4 is 4.72 Å². The smallest absolute Gasteiger partial charge is 0.181 e. The molecule has 1 aliphatic rings. The molecule has 1 aliphatic heterocycles. The lowest BCUT2D eigenvalue weighted by molar-refractivity contribution is 0.220. The van der Waals surface area contributed by atoms with Gasteiger partial charge in [-0.05, 0) is 85.8 Å². The summed E-state index contributed by atoms with van der Waals surface area (Å²) in [7, 11) is -1.43. The minimum atomic E-state index is -1.43. The van der Waals surface area contributed by atoms with Crippen LogP contribution in [0.15, 0.2) is 67.3 Å². The van der Waals surface area contributed by atoms with Gasteiger partial charge in [0, 0.05) is 70.9 Å². The number of benzene rings is 1. The van der Waals surface area contributed by atoms with E-state index in [0.717, 1.165) is 64.0 Å². The highest BCUT2D eigenvalue weighted by molar-refractivity contribution is 8.25. The van der Waals surface area contributed by atoms with Gasteiger partial charge in [0.15, 0.2) is 5.65 Å². The van der Waals surface area contributed by atoms with Crippen molar-refractivity contribution in [3.05, 3.63) is 84.2 Å². The van der Waals surface area contributed by atoms with E-state index in [1.807, 2.05) is 43.0 Å². The molecule has 3 N–H and O–H groups in total.